The third-order valence-corrected chi connectivity index (χ3v) is 5.13. The van der Waals surface area contributed by atoms with Crippen LogP contribution in [0.25, 0.3) is 0 Å². The summed E-state index contributed by atoms with van der Waals surface area (Å²) in [5, 5.41) is 9.85. The SMILES string of the molecule is C=CCN(CC=C)C(=O)c1ccc(OCCCCOc2c(CC)cc(O)cc2CC)cc1. The van der Waals surface area contributed by atoms with Gasteiger partial charge in [0.05, 0.1) is 13.2 Å². The molecule has 0 unspecified atom stereocenters. The highest BCUT2D eigenvalue weighted by Crippen LogP contribution is 2.30. The molecule has 0 heterocycles. The molecule has 1 amide bonds. The van der Waals surface area contributed by atoms with E-state index in [1.807, 2.05) is 12.1 Å². The van der Waals surface area contributed by atoms with Crippen LogP contribution < -0.4 is 9.47 Å². The minimum Gasteiger partial charge on any atom is -0.508 e. The summed E-state index contributed by atoms with van der Waals surface area (Å²) in [4.78, 5) is 14.2. The van der Waals surface area contributed by atoms with E-state index in [0.29, 0.717) is 37.6 Å². The monoisotopic (exact) mass is 437 g/mol. The fraction of sp³-hybridized carbons (Fsp3) is 0.370. The van der Waals surface area contributed by atoms with Gasteiger partial charge in [0.15, 0.2) is 0 Å². The summed E-state index contributed by atoms with van der Waals surface area (Å²) in [5.41, 5.74) is 2.68. The van der Waals surface area contributed by atoms with Gasteiger partial charge in [0.25, 0.3) is 5.91 Å². The molecule has 0 fully saturated rings. The second kappa shape index (κ2) is 13.3. The predicted molar refractivity (Wildman–Crippen MR) is 130 cm³/mol. The summed E-state index contributed by atoms with van der Waals surface area (Å²) in [6.45, 7) is 13.7. The van der Waals surface area contributed by atoms with E-state index in [9.17, 15) is 9.90 Å². The topological polar surface area (TPSA) is 59.0 Å². The average Bonchev–Trinajstić information content (AvgIpc) is 2.81. The van der Waals surface area contributed by atoms with Crippen molar-refractivity contribution in [1.82, 2.24) is 4.90 Å². The molecule has 172 valence electrons. The first-order valence-electron chi connectivity index (χ1n) is 11.2. The first-order valence-corrected chi connectivity index (χ1v) is 11.2. The molecular weight excluding hydrogens is 402 g/mol. The number of carbonyl (C=O) groups is 1. The van der Waals surface area contributed by atoms with Gasteiger partial charge in [0.1, 0.15) is 17.2 Å². The van der Waals surface area contributed by atoms with Gasteiger partial charge < -0.3 is 19.5 Å². The number of unbranched alkanes of at least 4 members (excludes halogenated alkanes) is 1. The Bertz CT molecular complexity index is 854. The molecule has 2 aromatic rings. The number of rotatable bonds is 14. The van der Waals surface area contributed by atoms with Crippen molar-refractivity contribution >= 4 is 5.91 Å². The molecule has 5 heteroatoms. The van der Waals surface area contributed by atoms with Crippen molar-refractivity contribution in [3.63, 3.8) is 0 Å². The maximum atomic E-state index is 12.6. The van der Waals surface area contributed by atoms with Gasteiger partial charge in [-0.1, -0.05) is 26.0 Å². The summed E-state index contributed by atoms with van der Waals surface area (Å²) in [7, 11) is 0. The fourth-order valence-electron chi connectivity index (χ4n) is 3.44. The van der Waals surface area contributed by atoms with Gasteiger partial charge >= 0.3 is 0 Å². The maximum Gasteiger partial charge on any atom is 0.254 e. The Morgan fingerprint density at radius 3 is 1.97 bits per heavy atom. The molecule has 0 saturated carbocycles. The third kappa shape index (κ3) is 7.19. The minimum absolute atomic E-state index is 0.0550. The van der Waals surface area contributed by atoms with Gasteiger partial charge in [0, 0.05) is 18.7 Å². The summed E-state index contributed by atoms with van der Waals surface area (Å²) in [6, 6.07) is 10.8. The lowest BCUT2D eigenvalue weighted by Gasteiger charge is -2.19. The molecule has 32 heavy (non-hydrogen) atoms. The number of carbonyl (C=O) groups excluding carboxylic acids is 1. The van der Waals surface area contributed by atoms with Crippen LogP contribution in [0.5, 0.6) is 17.2 Å². The van der Waals surface area contributed by atoms with Crippen LogP contribution in [0, 0.1) is 0 Å². The van der Waals surface area contributed by atoms with E-state index in [4.69, 9.17) is 9.47 Å². The Kier molecular flexibility index (Phi) is 10.4. The van der Waals surface area contributed by atoms with Crippen LogP contribution in [0.3, 0.4) is 0 Å². The molecule has 0 aliphatic carbocycles. The molecular formula is C27H35NO4. The number of phenolic OH excluding ortho intramolecular Hbond substituents is 1. The first kappa shape index (κ1) is 25.1. The van der Waals surface area contributed by atoms with Crippen molar-refractivity contribution in [3.8, 4) is 17.2 Å². The number of nitrogens with zero attached hydrogens (tertiary/aromatic N) is 1. The summed E-state index contributed by atoms with van der Waals surface area (Å²) >= 11 is 0. The predicted octanol–water partition coefficient (Wildman–Crippen LogP) is 5.57. The third-order valence-electron chi connectivity index (χ3n) is 5.13. The van der Waals surface area contributed by atoms with E-state index in [2.05, 4.69) is 27.0 Å². The van der Waals surface area contributed by atoms with Crippen LogP contribution in [0.2, 0.25) is 0 Å². The van der Waals surface area contributed by atoms with Crippen LogP contribution in [0.4, 0.5) is 0 Å². The number of ether oxygens (including phenoxy) is 2. The van der Waals surface area contributed by atoms with Gasteiger partial charge in [-0.25, -0.2) is 0 Å². The molecule has 5 nitrogen and oxygen atoms in total. The summed E-state index contributed by atoms with van der Waals surface area (Å²) < 4.78 is 11.8. The van der Waals surface area contributed by atoms with E-state index in [1.54, 1.807) is 41.3 Å². The van der Waals surface area contributed by atoms with E-state index in [1.165, 1.54) is 0 Å². The van der Waals surface area contributed by atoms with E-state index in [0.717, 1.165) is 48.3 Å². The van der Waals surface area contributed by atoms with Gasteiger partial charge in [-0.05, 0) is 73.2 Å². The van der Waals surface area contributed by atoms with Gasteiger partial charge in [-0.2, -0.15) is 0 Å². The Morgan fingerprint density at radius 2 is 1.47 bits per heavy atom. The van der Waals surface area contributed by atoms with Gasteiger partial charge in [0.2, 0.25) is 0 Å². The average molecular weight is 438 g/mol. The summed E-state index contributed by atoms with van der Waals surface area (Å²) in [5.74, 6) is 1.87. The number of hydrogen-bond acceptors (Lipinski definition) is 4. The number of aromatic hydroxyl groups is 1. The lowest BCUT2D eigenvalue weighted by atomic mass is 10.0. The molecule has 1 N–H and O–H groups in total. The number of aryl methyl sites for hydroxylation is 2. The standard InChI is InChI=1S/C27H35NO4/c1-5-15-28(16-6-2)27(30)23-11-13-25(14-12-23)31-17-9-10-18-32-26-21(7-3)19-24(29)20-22(26)8-4/h5-6,11-14,19-20,29H,1-2,7-10,15-18H2,3-4H3. The molecule has 0 spiro atoms. The van der Waals surface area contributed by atoms with Crippen LogP contribution in [-0.2, 0) is 12.8 Å². The van der Waals surface area contributed by atoms with Crippen LogP contribution in [0.1, 0.15) is 48.2 Å². The Balaban J connectivity index is 1.79. The highest BCUT2D eigenvalue weighted by Gasteiger charge is 2.13. The number of benzene rings is 2. The molecule has 0 radical (unpaired) electrons. The smallest absolute Gasteiger partial charge is 0.254 e. The molecule has 0 aliphatic rings. The lowest BCUT2D eigenvalue weighted by Crippen LogP contribution is -2.31. The Labute approximate surface area is 192 Å². The van der Waals surface area contributed by atoms with E-state index in [-0.39, 0.29) is 5.91 Å². The van der Waals surface area contributed by atoms with E-state index < -0.39 is 0 Å². The quantitative estimate of drug-likeness (QED) is 0.310. The van der Waals surface area contributed by atoms with E-state index >= 15 is 0 Å². The number of phenols is 1. The molecule has 0 aromatic heterocycles. The van der Waals surface area contributed by atoms with Crippen LogP contribution in [-0.4, -0.2) is 42.2 Å². The molecule has 0 saturated heterocycles. The van der Waals surface area contributed by atoms with Gasteiger partial charge in [-0.15, -0.1) is 13.2 Å². The number of amides is 1. The Hall–Kier alpha value is -3.21. The van der Waals surface area contributed by atoms with Crippen molar-refractivity contribution < 1.29 is 19.4 Å². The molecule has 2 rings (SSSR count). The molecule has 0 bridgehead atoms. The van der Waals surface area contributed by atoms with Crippen molar-refractivity contribution in [1.29, 1.82) is 0 Å². The normalized spacial score (nSPS) is 10.4. The van der Waals surface area contributed by atoms with Crippen molar-refractivity contribution in [2.45, 2.75) is 39.5 Å². The lowest BCUT2D eigenvalue weighted by molar-refractivity contribution is 0.0791. The van der Waals surface area contributed by atoms with Crippen LogP contribution >= 0.6 is 0 Å². The second-order valence-electron chi connectivity index (χ2n) is 7.52. The van der Waals surface area contributed by atoms with Crippen molar-refractivity contribution in [2.24, 2.45) is 0 Å². The molecule has 0 aliphatic heterocycles. The van der Waals surface area contributed by atoms with Gasteiger partial charge in [-0.3, -0.25) is 4.79 Å². The van der Waals surface area contributed by atoms with Crippen LogP contribution in [0.15, 0.2) is 61.7 Å². The number of hydrogen-bond donors (Lipinski definition) is 1. The summed E-state index contributed by atoms with van der Waals surface area (Å²) in [6.07, 6.45) is 6.76. The zero-order chi connectivity index (χ0) is 23.3. The molecule has 2 aromatic carbocycles. The zero-order valence-corrected chi connectivity index (χ0v) is 19.3. The van der Waals surface area contributed by atoms with Crippen molar-refractivity contribution in [2.75, 3.05) is 26.3 Å². The highest BCUT2D eigenvalue weighted by molar-refractivity contribution is 5.94. The van der Waals surface area contributed by atoms with Crippen molar-refractivity contribution in [3.05, 3.63) is 78.4 Å². The fourth-order valence-corrected chi connectivity index (χ4v) is 3.44. The molecule has 0 atom stereocenters. The minimum atomic E-state index is -0.0550. The highest BCUT2D eigenvalue weighted by atomic mass is 16.5. The maximum absolute atomic E-state index is 12.6. The largest absolute Gasteiger partial charge is 0.508 e. The zero-order valence-electron chi connectivity index (χ0n) is 19.3. The first-order chi connectivity index (χ1) is 15.5. The Morgan fingerprint density at radius 1 is 0.938 bits per heavy atom. The second-order valence-corrected chi connectivity index (χ2v) is 7.52.